The second-order valence-electron chi connectivity index (χ2n) is 8.94. The molecule has 7 nitrogen and oxygen atoms in total. The first-order chi connectivity index (χ1) is 17.0. The highest BCUT2D eigenvalue weighted by atomic mass is 35.5. The van der Waals surface area contributed by atoms with Crippen molar-refractivity contribution in [2.75, 3.05) is 17.1 Å². The van der Waals surface area contributed by atoms with Crippen molar-refractivity contribution < 1.29 is 31.2 Å². The molecule has 2 atom stereocenters. The van der Waals surface area contributed by atoms with Gasteiger partial charge in [-0.05, 0) is 51.0 Å². The third-order valence-electron chi connectivity index (χ3n) is 5.83. The van der Waals surface area contributed by atoms with Gasteiger partial charge in [0.2, 0.25) is 21.8 Å². The summed E-state index contributed by atoms with van der Waals surface area (Å²) in [5, 5.41) is 2.52. The highest BCUT2D eigenvalue weighted by Gasteiger charge is 2.34. The molecule has 12 heteroatoms. The molecule has 0 radical (unpaired) electrons. The first-order valence-electron chi connectivity index (χ1n) is 11.5. The molecule has 0 unspecified atom stereocenters. The smallest absolute Gasteiger partial charge is 0.352 e. The number of hydrogen-bond donors (Lipinski definition) is 1. The molecule has 2 aromatic carbocycles. The summed E-state index contributed by atoms with van der Waals surface area (Å²) in [7, 11) is -4.25. The van der Waals surface area contributed by atoms with Crippen molar-refractivity contribution in [3.8, 4) is 0 Å². The monoisotopic (exact) mass is 561 g/mol. The van der Waals surface area contributed by atoms with Crippen molar-refractivity contribution in [3.63, 3.8) is 0 Å². The molecule has 0 aliphatic carbocycles. The molecule has 0 aliphatic heterocycles. The third-order valence-corrected chi connectivity index (χ3v) is 7.27. The Hall–Kier alpha value is -2.79. The molecular weight excluding hydrogens is 531 g/mol. The van der Waals surface area contributed by atoms with Gasteiger partial charge < -0.3 is 10.2 Å². The Morgan fingerprint density at radius 1 is 1.11 bits per heavy atom. The molecule has 204 valence electrons. The van der Waals surface area contributed by atoms with E-state index in [9.17, 15) is 31.2 Å². The van der Waals surface area contributed by atoms with Gasteiger partial charge in [0.25, 0.3) is 0 Å². The molecule has 0 aromatic heterocycles. The van der Waals surface area contributed by atoms with Crippen molar-refractivity contribution in [2.24, 2.45) is 0 Å². The van der Waals surface area contributed by atoms with Crippen LogP contribution in [0.15, 0.2) is 42.5 Å². The number of rotatable bonds is 10. The highest BCUT2D eigenvalue weighted by Crippen LogP contribution is 2.36. The van der Waals surface area contributed by atoms with Crippen LogP contribution in [0.5, 0.6) is 0 Å². The predicted octanol–water partition coefficient (Wildman–Crippen LogP) is 4.77. The van der Waals surface area contributed by atoms with Crippen LogP contribution in [0.3, 0.4) is 0 Å². The van der Waals surface area contributed by atoms with Gasteiger partial charge in [0, 0.05) is 12.6 Å². The van der Waals surface area contributed by atoms with Crippen molar-refractivity contribution in [1.82, 2.24) is 10.2 Å². The van der Waals surface area contributed by atoms with Gasteiger partial charge in [-0.15, -0.1) is 0 Å². The van der Waals surface area contributed by atoms with Crippen LogP contribution in [0.25, 0.3) is 0 Å². The van der Waals surface area contributed by atoms with E-state index in [1.807, 2.05) is 26.0 Å². The lowest BCUT2D eigenvalue weighted by molar-refractivity contribution is -0.139. The Balaban J connectivity index is 2.50. The SMILES string of the molecule is CC[C@H](C)NC(=O)[C@@H](C)N(Cc1cccc(C)c1)C(=O)CN(c1cc(C(F)(F)F)ccc1Cl)S(C)(=O)=O. The van der Waals surface area contributed by atoms with Gasteiger partial charge in [-0.1, -0.05) is 48.4 Å². The average molecular weight is 562 g/mol. The lowest BCUT2D eigenvalue weighted by atomic mass is 10.1. The fraction of sp³-hybridized carbons (Fsp3) is 0.440. The number of benzene rings is 2. The number of carbonyl (C=O) groups excluding carboxylic acids is 2. The summed E-state index contributed by atoms with van der Waals surface area (Å²) in [6.45, 7) is 6.17. The van der Waals surface area contributed by atoms with Gasteiger partial charge in [0.05, 0.1) is 22.5 Å². The number of halogens is 4. The number of sulfonamides is 1. The van der Waals surface area contributed by atoms with Gasteiger partial charge in [-0.2, -0.15) is 13.2 Å². The molecular formula is C25H31ClF3N3O4S. The van der Waals surface area contributed by atoms with Gasteiger partial charge in [0.1, 0.15) is 12.6 Å². The quantitative estimate of drug-likeness (QED) is 0.453. The molecule has 2 amide bonds. The molecule has 0 saturated heterocycles. The van der Waals surface area contributed by atoms with Gasteiger partial charge in [0.15, 0.2) is 0 Å². The molecule has 2 rings (SSSR count). The summed E-state index contributed by atoms with van der Waals surface area (Å²) in [5.41, 5.74) is 0.000127. The van der Waals surface area contributed by atoms with E-state index in [1.165, 1.54) is 11.8 Å². The number of amides is 2. The largest absolute Gasteiger partial charge is 0.416 e. The Bertz CT molecular complexity index is 1240. The normalized spacial score (nSPS) is 13.5. The van der Waals surface area contributed by atoms with E-state index < -0.39 is 51.9 Å². The first kappa shape index (κ1) is 30.4. The van der Waals surface area contributed by atoms with Gasteiger partial charge in [-0.25, -0.2) is 8.42 Å². The predicted molar refractivity (Wildman–Crippen MR) is 138 cm³/mol. The molecule has 0 heterocycles. The van der Waals surface area contributed by atoms with Crippen LogP contribution in [0.1, 0.15) is 43.9 Å². The van der Waals surface area contributed by atoms with E-state index in [0.29, 0.717) is 22.4 Å². The Labute approximate surface area is 220 Å². The fourth-order valence-corrected chi connectivity index (χ4v) is 4.65. The summed E-state index contributed by atoms with van der Waals surface area (Å²) in [6, 6.07) is 8.28. The number of aryl methyl sites for hydroxylation is 1. The minimum Gasteiger partial charge on any atom is -0.352 e. The van der Waals surface area contributed by atoms with E-state index in [2.05, 4.69) is 5.32 Å². The van der Waals surface area contributed by atoms with Crippen LogP contribution in [-0.2, 0) is 32.3 Å². The van der Waals surface area contributed by atoms with Crippen molar-refractivity contribution in [3.05, 3.63) is 64.2 Å². The Kier molecular flexibility index (Phi) is 10.0. The first-order valence-corrected chi connectivity index (χ1v) is 13.8. The topological polar surface area (TPSA) is 86.8 Å². The molecule has 1 N–H and O–H groups in total. The molecule has 2 aromatic rings. The number of carbonyl (C=O) groups is 2. The fourth-order valence-electron chi connectivity index (χ4n) is 3.53. The van der Waals surface area contributed by atoms with E-state index in [4.69, 9.17) is 11.6 Å². The van der Waals surface area contributed by atoms with Crippen molar-refractivity contribution in [1.29, 1.82) is 0 Å². The lowest BCUT2D eigenvalue weighted by Crippen LogP contribution is -2.52. The maximum atomic E-state index is 13.5. The summed E-state index contributed by atoms with van der Waals surface area (Å²) in [5.74, 6) is -1.23. The number of nitrogens with zero attached hydrogens (tertiary/aromatic N) is 2. The zero-order valence-electron chi connectivity index (χ0n) is 21.3. The van der Waals surface area contributed by atoms with Crippen LogP contribution in [0, 0.1) is 6.92 Å². The molecule has 0 fully saturated rings. The third kappa shape index (κ3) is 8.36. The maximum absolute atomic E-state index is 13.5. The van der Waals surface area contributed by atoms with Crippen LogP contribution in [0.2, 0.25) is 5.02 Å². The summed E-state index contributed by atoms with van der Waals surface area (Å²) >= 11 is 6.08. The Morgan fingerprint density at radius 3 is 2.30 bits per heavy atom. The van der Waals surface area contributed by atoms with Crippen LogP contribution < -0.4 is 9.62 Å². The summed E-state index contributed by atoms with van der Waals surface area (Å²) in [4.78, 5) is 27.6. The number of nitrogens with one attached hydrogen (secondary N) is 1. The van der Waals surface area contributed by atoms with Crippen LogP contribution in [-0.4, -0.2) is 50.0 Å². The highest BCUT2D eigenvalue weighted by molar-refractivity contribution is 7.92. The summed E-state index contributed by atoms with van der Waals surface area (Å²) < 4.78 is 65.8. The van der Waals surface area contributed by atoms with E-state index in [0.717, 1.165) is 24.0 Å². The van der Waals surface area contributed by atoms with Crippen LogP contribution in [0.4, 0.5) is 18.9 Å². The second kappa shape index (κ2) is 12.2. The maximum Gasteiger partial charge on any atom is 0.416 e. The summed E-state index contributed by atoms with van der Waals surface area (Å²) in [6.07, 6.45) is -3.34. The molecule has 37 heavy (non-hydrogen) atoms. The van der Waals surface area contributed by atoms with Crippen molar-refractivity contribution in [2.45, 2.75) is 58.9 Å². The van der Waals surface area contributed by atoms with E-state index in [1.54, 1.807) is 19.1 Å². The zero-order chi connectivity index (χ0) is 28.1. The minimum absolute atomic E-state index is 0.0243. The standard InChI is InChI=1S/C25H31ClF3N3O4S/c1-6-17(3)30-24(34)18(4)31(14-19-9-7-8-16(2)12-19)23(33)15-32(37(5,35)36)22-13-20(25(27,28)29)10-11-21(22)26/h7-13,17-18H,6,14-15H2,1-5H3,(H,30,34)/t17-,18+/m0/s1. The number of anilines is 1. The zero-order valence-corrected chi connectivity index (χ0v) is 22.8. The molecule has 0 aliphatic rings. The van der Waals surface area contributed by atoms with Crippen LogP contribution >= 0.6 is 11.6 Å². The minimum atomic E-state index is -4.76. The molecule has 0 saturated carbocycles. The van der Waals surface area contributed by atoms with Crippen molar-refractivity contribution >= 4 is 39.1 Å². The second-order valence-corrected chi connectivity index (χ2v) is 11.3. The number of hydrogen-bond acceptors (Lipinski definition) is 4. The molecule has 0 spiro atoms. The van der Waals surface area contributed by atoms with Gasteiger partial charge >= 0.3 is 6.18 Å². The Morgan fingerprint density at radius 2 is 1.76 bits per heavy atom. The average Bonchev–Trinajstić information content (AvgIpc) is 2.79. The van der Waals surface area contributed by atoms with Gasteiger partial charge in [-0.3, -0.25) is 13.9 Å². The molecule has 0 bridgehead atoms. The number of alkyl halides is 3. The van der Waals surface area contributed by atoms with E-state index >= 15 is 0 Å². The lowest BCUT2D eigenvalue weighted by Gasteiger charge is -2.32. The van der Waals surface area contributed by atoms with E-state index in [-0.39, 0.29) is 17.6 Å².